The molecule has 0 aromatic heterocycles. The number of rotatable bonds is 5. The Kier molecular flexibility index (Phi) is 5.63. The van der Waals surface area contributed by atoms with E-state index < -0.39 is 0 Å². The molecule has 0 radical (unpaired) electrons. The van der Waals surface area contributed by atoms with E-state index in [1.807, 2.05) is 0 Å². The zero-order valence-electron chi connectivity index (χ0n) is 10.1. The largest absolute Gasteiger partial charge is 0.369 e. The van der Waals surface area contributed by atoms with Crippen molar-refractivity contribution >= 4 is 33.2 Å². The van der Waals surface area contributed by atoms with Crippen molar-refractivity contribution in [1.82, 2.24) is 0 Å². The average Bonchev–Trinajstić information content (AvgIpc) is 2.30. The lowest BCUT2D eigenvalue weighted by molar-refractivity contribution is 0.630. The highest BCUT2D eigenvalue weighted by Crippen LogP contribution is 2.26. The Morgan fingerprint density at radius 3 is 2.50 bits per heavy atom. The van der Waals surface area contributed by atoms with Gasteiger partial charge in [-0.3, -0.25) is 0 Å². The third-order valence-electron chi connectivity index (χ3n) is 2.98. The number of anilines is 1. The van der Waals surface area contributed by atoms with Gasteiger partial charge >= 0.3 is 0 Å². The van der Waals surface area contributed by atoms with Crippen molar-refractivity contribution in [1.29, 1.82) is 0 Å². The van der Waals surface area contributed by atoms with E-state index in [0.29, 0.717) is 6.04 Å². The third-order valence-corrected chi connectivity index (χ3v) is 3.93. The second-order valence-electron chi connectivity index (χ2n) is 3.95. The van der Waals surface area contributed by atoms with Gasteiger partial charge in [0.15, 0.2) is 0 Å². The number of nitrogens with zero attached hydrogens (tertiary/aromatic N) is 1. The number of halogens is 2. The smallest absolute Gasteiger partial charge is 0.0467 e. The van der Waals surface area contributed by atoms with E-state index in [1.165, 1.54) is 5.69 Å². The third kappa shape index (κ3) is 3.14. The van der Waals surface area contributed by atoms with E-state index in [1.54, 1.807) is 0 Å². The molecule has 0 saturated heterocycles. The fourth-order valence-electron chi connectivity index (χ4n) is 1.79. The van der Waals surface area contributed by atoms with E-state index in [-0.39, 0.29) is 0 Å². The highest BCUT2D eigenvalue weighted by molar-refractivity contribution is 9.08. The van der Waals surface area contributed by atoms with Crippen LogP contribution >= 0.6 is 27.5 Å². The second kappa shape index (κ2) is 6.51. The van der Waals surface area contributed by atoms with Crippen LogP contribution in [0.25, 0.3) is 0 Å². The molecular formula is C13H19BrClN. The summed E-state index contributed by atoms with van der Waals surface area (Å²) in [6.45, 7) is 7.65. The van der Waals surface area contributed by atoms with Gasteiger partial charge in [0.2, 0.25) is 0 Å². The molecule has 0 N–H and O–H groups in total. The molecule has 3 heteroatoms. The molecular weight excluding hydrogens is 286 g/mol. The van der Waals surface area contributed by atoms with E-state index in [9.17, 15) is 0 Å². The summed E-state index contributed by atoms with van der Waals surface area (Å²) in [6.07, 6.45) is 1.14. The Labute approximate surface area is 112 Å². The molecule has 0 aliphatic rings. The Morgan fingerprint density at radius 2 is 2.06 bits per heavy atom. The van der Waals surface area contributed by atoms with Crippen LogP contribution in [0.3, 0.4) is 0 Å². The Balaban J connectivity index is 2.98. The summed E-state index contributed by atoms with van der Waals surface area (Å²) in [6, 6.07) is 6.86. The molecule has 1 aromatic carbocycles. The van der Waals surface area contributed by atoms with E-state index >= 15 is 0 Å². The number of alkyl halides is 1. The van der Waals surface area contributed by atoms with Crippen LogP contribution in [0.15, 0.2) is 18.2 Å². The quantitative estimate of drug-likeness (QED) is 0.702. The summed E-state index contributed by atoms with van der Waals surface area (Å²) < 4.78 is 0. The van der Waals surface area contributed by atoms with E-state index in [2.05, 4.69) is 59.8 Å². The van der Waals surface area contributed by atoms with Crippen LogP contribution in [0, 0.1) is 0 Å². The van der Waals surface area contributed by atoms with Gasteiger partial charge in [0.05, 0.1) is 0 Å². The van der Waals surface area contributed by atoms with Gasteiger partial charge in [-0.15, -0.1) is 0 Å². The minimum atomic E-state index is 0.552. The SMILES string of the molecule is CCC(C)N(CC)c1ccc(CBr)c(Cl)c1. The minimum absolute atomic E-state index is 0.552. The molecule has 1 unspecified atom stereocenters. The van der Waals surface area contributed by atoms with Crippen LogP contribution < -0.4 is 4.90 Å². The molecule has 0 fully saturated rings. The van der Waals surface area contributed by atoms with Gasteiger partial charge in [0.25, 0.3) is 0 Å². The van der Waals surface area contributed by atoms with E-state index in [4.69, 9.17) is 11.6 Å². The minimum Gasteiger partial charge on any atom is -0.369 e. The van der Waals surface area contributed by atoms with Crippen molar-refractivity contribution in [2.45, 2.75) is 38.6 Å². The number of hydrogen-bond donors (Lipinski definition) is 0. The fraction of sp³-hybridized carbons (Fsp3) is 0.538. The number of hydrogen-bond acceptors (Lipinski definition) is 1. The van der Waals surface area contributed by atoms with Crippen LogP contribution in [0.4, 0.5) is 5.69 Å². The molecule has 90 valence electrons. The average molecular weight is 305 g/mol. The molecule has 16 heavy (non-hydrogen) atoms. The maximum absolute atomic E-state index is 6.22. The molecule has 1 aromatic rings. The van der Waals surface area contributed by atoms with Crippen molar-refractivity contribution in [2.24, 2.45) is 0 Å². The molecule has 1 rings (SSSR count). The molecule has 0 amide bonds. The van der Waals surface area contributed by atoms with Crippen LogP contribution in [0.5, 0.6) is 0 Å². The first-order chi connectivity index (χ1) is 7.63. The molecule has 0 saturated carbocycles. The summed E-state index contributed by atoms with van der Waals surface area (Å²) in [5, 5.41) is 1.65. The topological polar surface area (TPSA) is 3.24 Å². The molecule has 0 aliphatic carbocycles. The maximum Gasteiger partial charge on any atom is 0.0467 e. The lowest BCUT2D eigenvalue weighted by Crippen LogP contribution is -2.32. The Morgan fingerprint density at radius 1 is 1.38 bits per heavy atom. The predicted molar refractivity (Wildman–Crippen MR) is 76.9 cm³/mol. The molecule has 0 spiro atoms. The highest BCUT2D eigenvalue weighted by Gasteiger charge is 2.12. The Hall–Kier alpha value is -0.210. The lowest BCUT2D eigenvalue weighted by Gasteiger charge is -2.29. The fourth-order valence-corrected chi connectivity index (χ4v) is 2.68. The summed E-state index contributed by atoms with van der Waals surface area (Å²) in [4.78, 5) is 2.38. The summed E-state index contributed by atoms with van der Waals surface area (Å²) in [5.41, 5.74) is 2.36. The van der Waals surface area contributed by atoms with Crippen molar-refractivity contribution < 1.29 is 0 Å². The van der Waals surface area contributed by atoms with Gasteiger partial charge in [-0.2, -0.15) is 0 Å². The van der Waals surface area contributed by atoms with Crippen LogP contribution in [-0.2, 0) is 5.33 Å². The summed E-state index contributed by atoms with van der Waals surface area (Å²) in [7, 11) is 0. The molecule has 0 heterocycles. The van der Waals surface area contributed by atoms with Gasteiger partial charge in [-0.1, -0.05) is 40.5 Å². The van der Waals surface area contributed by atoms with Crippen LogP contribution in [-0.4, -0.2) is 12.6 Å². The normalized spacial score (nSPS) is 12.6. The Bertz CT molecular complexity index is 341. The number of benzene rings is 1. The van der Waals surface area contributed by atoms with Gasteiger partial charge in [-0.05, 0) is 38.0 Å². The van der Waals surface area contributed by atoms with Crippen molar-refractivity contribution in [3.8, 4) is 0 Å². The molecule has 0 aliphatic heterocycles. The second-order valence-corrected chi connectivity index (χ2v) is 4.92. The van der Waals surface area contributed by atoms with Crippen molar-refractivity contribution in [3.63, 3.8) is 0 Å². The maximum atomic E-state index is 6.22. The lowest BCUT2D eigenvalue weighted by atomic mass is 10.1. The molecule has 1 nitrogen and oxygen atoms in total. The van der Waals surface area contributed by atoms with Crippen LogP contribution in [0.2, 0.25) is 5.02 Å². The summed E-state index contributed by atoms with van der Waals surface area (Å²) in [5.74, 6) is 0. The van der Waals surface area contributed by atoms with E-state index in [0.717, 1.165) is 28.9 Å². The first-order valence-corrected chi connectivity index (χ1v) is 7.25. The van der Waals surface area contributed by atoms with Gasteiger partial charge in [0, 0.05) is 28.6 Å². The monoisotopic (exact) mass is 303 g/mol. The summed E-state index contributed by atoms with van der Waals surface area (Å²) >= 11 is 9.65. The van der Waals surface area contributed by atoms with Crippen molar-refractivity contribution in [2.75, 3.05) is 11.4 Å². The van der Waals surface area contributed by atoms with Gasteiger partial charge in [-0.25, -0.2) is 0 Å². The molecule has 0 bridgehead atoms. The van der Waals surface area contributed by atoms with Gasteiger partial charge in [0.1, 0.15) is 0 Å². The predicted octanol–water partition coefficient (Wildman–Crippen LogP) is 4.86. The first kappa shape index (κ1) is 13.9. The highest BCUT2D eigenvalue weighted by atomic mass is 79.9. The zero-order valence-corrected chi connectivity index (χ0v) is 12.5. The molecule has 1 atom stereocenters. The standard InChI is InChI=1S/C13H19BrClN/c1-4-10(3)16(5-2)12-7-6-11(9-14)13(15)8-12/h6-8,10H,4-5,9H2,1-3H3. The zero-order chi connectivity index (χ0) is 12.1. The first-order valence-electron chi connectivity index (χ1n) is 5.75. The van der Waals surface area contributed by atoms with Crippen molar-refractivity contribution in [3.05, 3.63) is 28.8 Å². The van der Waals surface area contributed by atoms with Gasteiger partial charge < -0.3 is 4.90 Å². The van der Waals surface area contributed by atoms with Crippen LogP contribution in [0.1, 0.15) is 32.8 Å².